The van der Waals surface area contributed by atoms with Gasteiger partial charge in [-0.15, -0.1) is 0 Å². The van der Waals surface area contributed by atoms with E-state index in [-0.39, 0.29) is 5.69 Å². The number of rotatable bonds is 3. The summed E-state index contributed by atoms with van der Waals surface area (Å²) in [6.45, 7) is 4.86. The van der Waals surface area contributed by atoms with E-state index in [9.17, 15) is 10.1 Å². The molecular weight excluding hydrogens is 220 g/mol. The van der Waals surface area contributed by atoms with Crippen LogP contribution in [0, 0.1) is 10.1 Å². The van der Waals surface area contributed by atoms with E-state index in [4.69, 9.17) is 0 Å². The summed E-state index contributed by atoms with van der Waals surface area (Å²) in [5, 5.41) is 13.8. The summed E-state index contributed by atoms with van der Waals surface area (Å²) in [5.74, 6) is 0. The van der Waals surface area contributed by atoms with E-state index >= 15 is 0 Å². The zero-order chi connectivity index (χ0) is 12.1. The van der Waals surface area contributed by atoms with Crippen LogP contribution in [-0.4, -0.2) is 41.0 Å². The lowest BCUT2D eigenvalue weighted by molar-refractivity contribution is -0.385. The summed E-state index contributed by atoms with van der Waals surface area (Å²) in [6, 6.07) is 3.24. The minimum absolute atomic E-state index is 0.0475. The molecule has 0 bridgehead atoms. The van der Waals surface area contributed by atoms with Crippen molar-refractivity contribution < 1.29 is 4.92 Å². The van der Waals surface area contributed by atoms with E-state index in [1.54, 1.807) is 6.07 Å². The van der Waals surface area contributed by atoms with Gasteiger partial charge in [0.05, 0.1) is 10.6 Å². The molecule has 6 heteroatoms. The Balaban J connectivity index is 1.95. The minimum Gasteiger partial charge on any atom is -0.315 e. The second-order valence-electron chi connectivity index (χ2n) is 4.14. The monoisotopic (exact) mass is 236 g/mol. The molecule has 0 atom stereocenters. The number of hydrogen-bond acceptors (Lipinski definition) is 5. The normalized spacial score (nSPS) is 17.6. The molecule has 1 aliphatic rings. The van der Waals surface area contributed by atoms with E-state index in [1.807, 2.05) is 0 Å². The van der Waals surface area contributed by atoms with Gasteiger partial charge >= 0.3 is 0 Å². The molecular formula is C11H16N4O2. The second kappa shape index (κ2) is 5.70. The highest BCUT2D eigenvalue weighted by atomic mass is 16.6. The summed E-state index contributed by atoms with van der Waals surface area (Å²) in [6.07, 6.45) is 2.46. The van der Waals surface area contributed by atoms with Crippen LogP contribution in [-0.2, 0) is 6.54 Å². The van der Waals surface area contributed by atoms with Crippen molar-refractivity contribution in [2.24, 2.45) is 0 Å². The molecule has 92 valence electrons. The third-order valence-corrected chi connectivity index (χ3v) is 2.84. The van der Waals surface area contributed by atoms with Crippen molar-refractivity contribution in [2.75, 3.05) is 26.2 Å². The van der Waals surface area contributed by atoms with Gasteiger partial charge in [-0.1, -0.05) is 0 Å². The molecule has 1 N–H and O–H groups in total. The maximum atomic E-state index is 10.5. The first-order valence-electron chi connectivity index (χ1n) is 5.78. The highest BCUT2D eigenvalue weighted by molar-refractivity contribution is 5.26. The average Bonchev–Trinajstić information content (AvgIpc) is 2.58. The summed E-state index contributed by atoms with van der Waals surface area (Å²) in [7, 11) is 0. The van der Waals surface area contributed by atoms with Crippen LogP contribution in [0.4, 0.5) is 5.69 Å². The molecule has 0 aromatic carbocycles. The number of nitro groups is 1. The van der Waals surface area contributed by atoms with Crippen molar-refractivity contribution >= 4 is 5.69 Å². The Morgan fingerprint density at radius 3 is 3.00 bits per heavy atom. The van der Waals surface area contributed by atoms with Crippen LogP contribution in [0.3, 0.4) is 0 Å². The van der Waals surface area contributed by atoms with E-state index in [0.717, 1.165) is 44.8 Å². The summed E-state index contributed by atoms with van der Waals surface area (Å²) in [4.78, 5) is 16.5. The summed E-state index contributed by atoms with van der Waals surface area (Å²) in [5.41, 5.74) is 0.934. The molecule has 0 amide bonds. The Labute approximate surface area is 99.8 Å². The lowest BCUT2D eigenvalue weighted by Gasteiger charge is -2.18. The van der Waals surface area contributed by atoms with Gasteiger partial charge in [-0.2, -0.15) is 0 Å². The molecule has 0 saturated carbocycles. The highest BCUT2D eigenvalue weighted by Crippen LogP contribution is 2.10. The highest BCUT2D eigenvalue weighted by Gasteiger charge is 2.11. The summed E-state index contributed by atoms with van der Waals surface area (Å²) < 4.78 is 0. The van der Waals surface area contributed by atoms with E-state index < -0.39 is 4.92 Å². The lowest BCUT2D eigenvalue weighted by Crippen LogP contribution is -2.27. The molecule has 6 nitrogen and oxygen atoms in total. The summed E-state index contributed by atoms with van der Waals surface area (Å²) >= 11 is 0. The van der Waals surface area contributed by atoms with Crippen molar-refractivity contribution in [3.63, 3.8) is 0 Å². The number of hydrogen-bond donors (Lipinski definition) is 1. The third-order valence-electron chi connectivity index (χ3n) is 2.84. The van der Waals surface area contributed by atoms with E-state index in [2.05, 4.69) is 15.2 Å². The first-order chi connectivity index (χ1) is 8.25. The zero-order valence-corrected chi connectivity index (χ0v) is 9.63. The second-order valence-corrected chi connectivity index (χ2v) is 4.14. The van der Waals surface area contributed by atoms with Crippen LogP contribution in [0.2, 0.25) is 0 Å². The first-order valence-corrected chi connectivity index (χ1v) is 5.78. The maximum Gasteiger partial charge on any atom is 0.287 e. The Morgan fingerprint density at radius 1 is 1.41 bits per heavy atom. The molecule has 1 aromatic rings. The standard InChI is InChI=1S/C11H16N4O2/c16-15(17)11-3-2-10(13-8-11)9-14-6-1-4-12-5-7-14/h2-3,8,12H,1,4-7,9H2. The Kier molecular flexibility index (Phi) is 4.00. The fraction of sp³-hybridized carbons (Fsp3) is 0.545. The van der Waals surface area contributed by atoms with Crippen molar-refractivity contribution in [2.45, 2.75) is 13.0 Å². The molecule has 0 radical (unpaired) electrons. The Hall–Kier alpha value is -1.53. The molecule has 2 heterocycles. The van der Waals surface area contributed by atoms with Gasteiger partial charge in [0.15, 0.2) is 0 Å². The van der Waals surface area contributed by atoms with Crippen LogP contribution < -0.4 is 5.32 Å². The molecule has 1 aromatic heterocycles. The first kappa shape index (κ1) is 11.9. The van der Waals surface area contributed by atoms with Gasteiger partial charge in [0, 0.05) is 25.7 Å². The predicted molar refractivity (Wildman–Crippen MR) is 63.7 cm³/mol. The third kappa shape index (κ3) is 3.47. The van der Waals surface area contributed by atoms with Gasteiger partial charge in [0.1, 0.15) is 6.20 Å². The van der Waals surface area contributed by atoms with Gasteiger partial charge in [-0.3, -0.25) is 20.0 Å². The quantitative estimate of drug-likeness (QED) is 0.620. The fourth-order valence-electron chi connectivity index (χ4n) is 1.91. The van der Waals surface area contributed by atoms with Gasteiger partial charge in [0.2, 0.25) is 0 Å². The molecule has 2 rings (SSSR count). The molecule has 1 saturated heterocycles. The Morgan fingerprint density at radius 2 is 2.29 bits per heavy atom. The van der Waals surface area contributed by atoms with E-state index in [0.29, 0.717) is 0 Å². The van der Waals surface area contributed by atoms with Crippen molar-refractivity contribution in [1.29, 1.82) is 0 Å². The zero-order valence-electron chi connectivity index (χ0n) is 9.63. The lowest BCUT2D eigenvalue weighted by atomic mass is 10.3. The number of nitrogens with one attached hydrogen (secondary N) is 1. The van der Waals surface area contributed by atoms with Crippen LogP contribution in [0.1, 0.15) is 12.1 Å². The predicted octanol–water partition coefficient (Wildman–Crippen LogP) is 0.785. The fourth-order valence-corrected chi connectivity index (χ4v) is 1.91. The van der Waals surface area contributed by atoms with Gasteiger partial charge < -0.3 is 5.32 Å². The van der Waals surface area contributed by atoms with Gasteiger partial charge in [-0.25, -0.2) is 0 Å². The van der Waals surface area contributed by atoms with Crippen molar-refractivity contribution in [3.05, 3.63) is 34.1 Å². The van der Waals surface area contributed by atoms with Crippen molar-refractivity contribution in [3.8, 4) is 0 Å². The molecule has 0 spiro atoms. The number of nitrogens with zero attached hydrogens (tertiary/aromatic N) is 3. The minimum atomic E-state index is -0.424. The molecule has 1 fully saturated rings. The number of pyridine rings is 1. The SMILES string of the molecule is O=[N+]([O-])c1ccc(CN2CCCNCC2)nc1. The number of aromatic nitrogens is 1. The molecule has 17 heavy (non-hydrogen) atoms. The molecule has 0 unspecified atom stereocenters. The van der Waals surface area contributed by atoms with Crippen LogP contribution >= 0.6 is 0 Å². The topological polar surface area (TPSA) is 71.3 Å². The largest absolute Gasteiger partial charge is 0.315 e. The molecule has 1 aliphatic heterocycles. The molecule has 0 aliphatic carbocycles. The van der Waals surface area contributed by atoms with Crippen LogP contribution in [0.5, 0.6) is 0 Å². The Bertz CT molecular complexity index is 372. The maximum absolute atomic E-state index is 10.5. The average molecular weight is 236 g/mol. The van der Waals surface area contributed by atoms with Gasteiger partial charge in [0.25, 0.3) is 5.69 Å². The van der Waals surface area contributed by atoms with Crippen LogP contribution in [0.25, 0.3) is 0 Å². The van der Waals surface area contributed by atoms with E-state index in [1.165, 1.54) is 12.3 Å². The van der Waals surface area contributed by atoms with Crippen LogP contribution in [0.15, 0.2) is 18.3 Å². The van der Waals surface area contributed by atoms with Gasteiger partial charge in [-0.05, 0) is 25.6 Å². The smallest absolute Gasteiger partial charge is 0.287 e. The van der Waals surface area contributed by atoms with Crippen molar-refractivity contribution in [1.82, 2.24) is 15.2 Å².